The normalized spacial score (nSPS) is 42.9. The van der Waals surface area contributed by atoms with E-state index in [1.165, 1.54) is 12.8 Å². The van der Waals surface area contributed by atoms with Crippen LogP contribution >= 0.6 is 0 Å². The maximum absolute atomic E-state index is 13.3. The van der Waals surface area contributed by atoms with Crippen molar-refractivity contribution in [2.24, 2.45) is 11.8 Å². The molecule has 0 aromatic carbocycles. The van der Waals surface area contributed by atoms with Crippen LogP contribution in [0.5, 0.6) is 0 Å². The first-order valence-electron chi connectivity index (χ1n) is 6.07. The van der Waals surface area contributed by atoms with Gasteiger partial charge in [0, 0.05) is 12.1 Å². The van der Waals surface area contributed by atoms with E-state index in [0.717, 1.165) is 31.1 Å². The molecule has 0 heterocycles. The Morgan fingerprint density at radius 3 is 2.43 bits per heavy atom. The number of rotatable bonds is 3. The van der Waals surface area contributed by atoms with Crippen LogP contribution in [0.1, 0.15) is 46.0 Å². The van der Waals surface area contributed by atoms with E-state index in [4.69, 9.17) is 0 Å². The summed E-state index contributed by atoms with van der Waals surface area (Å²) in [6.07, 6.45) is 4.84. The molecule has 2 heteroatoms. The molecule has 0 spiro atoms. The van der Waals surface area contributed by atoms with Gasteiger partial charge in [-0.2, -0.15) is 0 Å². The van der Waals surface area contributed by atoms with Gasteiger partial charge < -0.3 is 5.32 Å². The van der Waals surface area contributed by atoms with E-state index < -0.39 is 6.17 Å². The Kier molecular flexibility index (Phi) is 3.10. The Morgan fingerprint density at radius 2 is 1.93 bits per heavy atom. The molecular formula is C12H22FN. The summed E-state index contributed by atoms with van der Waals surface area (Å²) in [4.78, 5) is 0. The highest BCUT2D eigenvalue weighted by molar-refractivity contribution is 4.92. The van der Waals surface area contributed by atoms with Crippen LogP contribution in [0.25, 0.3) is 0 Å². The van der Waals surface area contributed by atoms with Gasteiger partial charge in [0.1, 0.15) is 6.17 Å². The molecule has 2 aliphatic rings. The van der Waals surface area contributed by atoms with Crippen molar-refractivity contribution >= 4 is 0 Å². The van der Waals surface area contributed by atoms with Gasteiger partial charge >= 0.3 is 0 Å². The SMILES string of the molecule is CC(C)C1CC(N[C@H]2CCC[C@H]2F)C1. The third-order valence-corrected chi connectivity index (χ3v) is 4.00. The summed E-state index contributed by atoms with van der Waals surface area (Å²) in [7, 11) is 0. The summed E-state index contributed by atoms with van der Waals surface area (Å²) < 4.78 is 13.3. The first kappa shape index (κ1) is 10.4. The van der Waals surface area contributed by atoms with E-state index >= 15 is 0 Å². The monoisotopic (exact) mass is 199 g/mol. The number of halogens is 1. The summed E-state index contributed by atoms with van der Waals surface area (Å²) in [6, 6.07) is 0.789. The maximum Gasteiger partial charge on any atom is 0.115 e. The Morgan fingerprint density at radius 1 is 1.21 bits per heavy atom. The first-order chi connectivity index (χ1) is 6.66. The lowest BCUT2D eigenvalue weighted by Gasteiger charge is -2.40. The molecule has 1 nitrogen and oxygen atoms in total. The second-order valence-corrected chi connectivity index (χ2v) is 5.39. The molecule has 0 radical (unpaired) electrons. The summed E-state index contributed by atoms with van der Waals surface area (Å²) >= 11 is 0. The van der Waals surface area contributed by atoms with E-state index in [1.807, 2.05) is 0 Å². The summed E-state index contributed by atoms with van der Waals surface area (Å²) in [5.74, 6) is 1.68. The second-order valence-electron chi connectivity index (χ2n) is 5.39. The van der Waals surface area contributed by atoms with E-state index in [0.29, 0.717) is 6.04 Å². The Balaban J connectivity index is 1.68. The Labute approximate surface area is 86.5 Å². The quantitative estimate of drug-likeness (QED) is 0.737. The zero-order valence-corrected chi connectivity index (χ0v) is 9.30. The minimum atomic E-state index is -0.576. The van der Waals surface area contributed by atoms with Crippen molar-refractivity contribution < 1.29 is 4.39 Å². The summed E-state index contributed by atoms with van der Waals surface area (Å²) in [6.45, 7) is 4.57. The van der Waals surface area contributed by atoms with Gasteiger partial charge in [-0.25, -0.2) is 4.39 Å². The van der Waals surface area contributed by atoms with E-state index in [9.17, 15) is 4.39 Å². The molecule has 0 amide bonds. The van der Waals surface area contributed by atoms with Gasteiger partial charge in [-0.05, 0) is 43.9 Å². The lowest BCUT2D eigenvalue weighted by molar-refractivity contribution is 0.141. The van der Waals surface area contributed by atoms with Crippen molar-refractivity contribution in [2.45, 2.75) is 64.2 Å². The summed E-state index contributed by atoms with van der Waals surface area (Å²) in [5, 5.41) is 3.47. The van der Waals surface area contributed by atoms with Crippen LogP contribution in [0.4, 0.5) is 4.39 Å². The molecule has 0 saturated heterocycles. The number of nitrogens with one attached hydrogen (secondary N) is 1. The van der Waals surface area contributed by atoms with Crippen molar-refractivity contribution in [3.05, 3.63) is 0 Å². The molecule has 1 N–H and O–H groups in total. The minimum Gasteiger partial charge on any atom is -0.308 e. The van der Waals surface area contributed by atoms with Gasteiger partial charge in [-0.3, -0.25) is 0 Å². The third-order valence-electron chi connectivity index (χ3n) is 4.00. The largest absolute Gasteiger partial charge is 0.308 e. The van der Waals surface area contributed by atoms with Gasteiger partial charge in [0.2, 0.25) is 0 Å². The van der Waals surface area contributed by atoms with Crippen LogP contribution in [0.15, 0.2) is 0 Å². The molecule has 2 atom stereocenters. The number of alkyl halides is 1. The molecule has 2 fully saturated rings. The fourth-order valence-electron chi connectivity index (χ4n) is 2.75. The van der Waals surface area contributed by atoms with Crippen molar-refractivity contribution in [1.82, 2.24) is 5.32 Å². The standard InChI is InChI=1S/C12H22FN/c1-8(2)9-6-10(7-9)14-12-5-3-4-11(12)13/h8-12,14H,3-7H2,1-2H3/t9?,10?,11-,12+/m1/s1. The molecule has 0 aromatic heterocycles. The minimum absolute atomic E-state index is 0.174. The molecule has 82 valence electrons. The van der Waals surface area contributed by atoms with Crippen molar-refractivity contribution in [3.8, 4) is 0 Å². The topological polar surface area (TPSA) is 12.0 Å². The fraction of sp³-hybridized carbons (Fsp3) is 1.00. The molecule has 2 rings (SSSR count). The molecule has 0 aromatic rings. The van der Waals surface area contributed by atoms with E-state index in [-0.39, 0.29) is 6.04 Å². The third kappa shape index (κ3) is 2.10. The average molecular weight is 199 g/mol. The summed E-state index contributed by atoms with van der Waals surface area (Å²) in [5.41, 5.74) is 0. The van der Waals surface area contributed by atoms with Crippen LogP contribution in [0, 0.1) is 11.8 Å². The van der Waals surface area contributed by atoms with Crippen molar-refractivity contribution in [1.29, 1.82) is 0 Å². The zero-order valence-electron chi connectivity index (χ0n) is 9.30. The molecule has 2 aliphatic carbocycles. The highest BCUT2D eigenvalue weighted by Gasteiger charge is 2.35. The first-order valence-corrected chi connectivity index (χ1v) is 6.07. The maximum atomic E-state index is 13.3. The van der Waals surface area contributed by atoms with Gasteiger partial charge in [-0.1, -0.05) is 13.8 Å². The lowest BCUT2D eigenvalue weighted by atomic mass is 9.73. The molecule has 2 saturated carbocycles. The second kappa shape index (κ2) is 4.18. The predicted molar refractivity (Wildman–Crippen MR) is 57.0 cm³/mol. The molecule has 0 aliphatic heterocycles. The van der Waals surface area contributed by atoms with Crippen LogP contribution in [-0.4, -0.2) is 18.3 Å². The van der Waals surface area contributed by atoms with Crippen molar-refractivity contribution in [3.63, 3.8) is 0 Å². The van der Waals surface area contributed by atoms with Crippen LogP contribution in [-0.2, 0) is 0 Å². The number of hydrogen-bond acceptors (Lipinski definition) is 1. The van der Waals surface area contributed by atoms with Crippen LogP contribution < -0.4 is 5.32 Å². The fourth-order valence-corrected chi connectivity index (χ4v) is 2.75. The smallest absolute Gasteiger partial charge is 0.115 e. The van der Waals surface area contributed by atoms with E-state index in [2.05, 4.69) is 19.2 Å². The van der Waals surface area contributed by atoms with Gasteiger partial charge in [0.05, 0.1) is 0 Å². The van der Waals surface area contributed by atoms with Gasteiger partial charge in [0.25, 0.3) is 0 Å². The average Bonchev–Trinajstić information content (AvgIpc) is 2.42. The Hall–Kier alpha value is -0.110. The van der Waals surface area contributed by atoms with Crippen LogP contribution in [0.2, 0.25) is 0 Å². The van der Waals surface area contributed by atoms with Crippen LogP contribution in [0.3, 0.4) is 0 Å². The highest BCUT2D eigenvalue weighted by atomic mass is 19.1. The Bertz CT molecular complexity index is 187. The van der Waals surface area contributed by atoms with Gasteiger partial charge in [-0.15, -0.1) is 0 Å². The molecule has 0 bridgehead atoms. The lowest BCUT2D eigenvalue weighted by Crippen LogP contribution is -2.49. The number of hydrogen-bond donors (Lipinski definition) is 1. The zero-order chi connectivity index (χ0) is 10.1. The predicted octanol–water partition coefficient (Wildman–Crippen LogP) is 2.90. The highest BCUT2D eigenvalue weighted by Crippen LogP contribution is 2.35. The molecule has 14 heavy (non-hydrogen) atoms. The van der Waals surface area contributed by atoms with Crippen molar-refractivity contribution in [2.75, 3.05) is 0 Å². The molecular weight excluding hydrogens is 177 g/mol. The van der Waals surface area contributed by atoms with E-state index in [1.54, 1.807) is 0 Å². The molecule has 0 unspecified atom stereocenters. The van der Waals surface area contributed by atoms with Gasteiger partial charge in [0.15, 0.2) is 0 Å².